The number of nitrogens with one attached hydrogen (secondary N) is 1. The molecule has 2 aromatic heterocycles. The Hall–Kier alpha value is -2.93. The van der Waals surface area contributed by atoms with E-state index in [9.17, 15) is 13.2 Å². The van der Waals surface area contributed by atoms with Crippen LogP contribution < -0.4 is 5.32 Å². The molecule has 0 unspecified atom stereocenters. The minimum absolute atomic E-state index is 0.0737. The lowest BCUT2D eigenvalue weighted by Crippen LogP contribution is -2.28. The molecule has 0 aliphatic carbocycles. The predicted molar refractivity (Wildman–Crippen MR) is 116 cm³/mol. The zero-order valence-corrected chi connectivity index (χ0v) is 17.0. The molecule has 5 rings (SSSR count). The van der Waals surface area contributed by atoms with Crippen molar-refractivity contribution in [2.24, 2.45) is 5.92 Å². The van der Waals surface area contributed by atoms with Crippen molar-refractivity contribution in [2.45, 2.75) is 32.0 Å². The Balaban J connectivity index is 1.75. The van der Waals surface area contributed by atoms with Gasteiger partial charge in [0, 0.05) is 17.5 Å². The topological polar surface area (TPSA) is 42.7 Å². The van der Waals surface area contributed by atoms with Gasteiger partial charge in [-0.1, -0.05) is 48.5 Å². The lowest BCUT2D eigenvalue weighted by molar-refractivity contribution is -0.139. The molecule has 1 N–H and O–H groups in total. The monoisotopic (exact) mass is 424 g/mol. The third-order valence-corrected chi connectivity index (χ3v) is 6.10. The van der Waals surface area contributed by atoms with Crippen molar-refractivity contribution in [3.05, 3.63) is 60.3 Å². The Morgan fingerprint density at radius 2 is 1.65 bits per heavy atom. The van der Waals surface area contributed by atoms with Gasteiger partial charge in [-0.05, 0) is 44.3 Å². The molecule has 7 heteroatoms. The quantitative estimate of drug-likeness (QED) is 0.460. The van der Waals surface area contributed by atoms with E-state index in [0.29, 0.717) is 34.7 Å². The second kappa shape index (κ2) is 7.96. The Kier molecular flexibility index (Phi) is 5.14. The fraction of sp³-hybridized carbons (Fsp3) is 0.333. The minimum atomic E-state index is -4.58. The molecular weight excluding hydrogens is 401 g/mol. The van der Waals surface area contributed by atoms with Crippen LogP contribution in [0, 0.1) is 5.92 Å². The highest BCUT2D eigenvalue weighted by Gasteiger charge is 2.37. The van der Waals surface area contributed by atoms with Gasteiger partial charge < -0.3 is 9.88 Å². The van der Waals surface area contributed by atoms with Gasteiger partial charge in [0.05, 0.1) is 11.0 Å². The summed E-state index contributed by atoms with van der Waals surface area (Å²) >= 11 is 0. The third kappa shape index (κ3) is 3.78. The van der Waals surface area contributed by atoms with Crippen molar-refractivity contribution in [1.29, 1.82) is 0 Å². The highest BCUT2D eigenvalue weighted by molar-refractivity contribution is 6.04. The number of halogens is 3. The normalized spacial score (nSPS) is 15.7. The third-order valence-electron chi connectivity index (χ3n) is 6.10. The van der Waals surface area contributed by atoms with Crippen molar-refractivity contribution in [3.8, 4) is 11.4 Å². The van der Waals surface area contributed by atoms with Crippen molar-refractivity contribution >= 4 is 21.9 Å². The Labute approximate surface area is 178 Å². The SMILES string of the molecule is FC(F)(F)c1nc2ccccc2c2c1nc(-c1ccccc1)n2CCC1CCNCC1. The first-order valence-corrected chi connectivity index (χ1v) is 10.6. The lowest BCUT2D eigenvalue weighted by atomic mass is 9.94. The first-order valence-electron chi connectivity index (χ1n) is 10.6. The maximum atomic E-state index is 13.9. The molecule has 0 atom stereocenters. The number of rotatable bonds is 4. The number of imidazole rings is 1. The second-order valence-electron chi connectivity index (χ2n) is 8.11. The Bertz CT molecular complexity index is 1210. The summed E-state index contributed by atoms with van der Waals surface area (Å²) in [5.74, 6) is 1.12. The van der Waals surface area contributed by atoms with Gasteiger partial charge >= 0.3 is 6.18 Å². The molecule has 1 aliphatic rings. The molecule has 3 heterocycles. The standard InChI is InChI=1S/C24H23F3N4/c25-24(26,27)22-20-21(18-8-4-5-9-19(18)29-22)31(15-12-16-10-13-28-14-11-16)23(30-20)17-6-2-1-3-7-17/h1-9,16,28H,10-15H2. The Morgan fingerprint density at radius 3 is 2.39 bits per heavy atom. The largest absolute Gasteiger partial charge is 0.435 e. The molecule has 1 aliphatic heterocycles. The van der Waals surface area contributed by atoms with Crippen molar-refractivity contribution in [2.75, 3.05) is 13.1 Å². The predicted octanol–water partition coefficient (Wildman–Crippen LogP) is 5.66. The Morgan fingerprint density at radius 1 is 0.935 bits per heavy atom. The molecule has 1 fully saturated rings. The summed E-state index contributed by atoms with van der Waals surface area (Å²) < 4.78 is 43.8. The average molecular weight is 424 g/mol. The summed E-state index contributed by atoms with van der Waals surface area (Å²) in [5.41, 5.74) is 0.672. The van der Waals surface area contributed by atoms with E-state index >= 15 is 0 Å². The molecule has 4 nitrogen and oxygen atoms in total. The molecule has 0 spiro atoms. The number of hydrogen-bond donors (Lipinski definition) is 1. The van der Waals surface area contributed by atoms with E-state index in [4.69, 9.17) is 0 Å². The summed E-state index contributed by atoms with van der Waals surface area (Å²) in [6.07, 6.45) is -1.50. The first-order chi connectivity index (χ1) is 15.0. The number of para-hydroxylation sites is 1. The molecular formula is C24H23F3N4. The minimum Gasteiger partial charge on any atom is -0.323 e. The maximum absolute atomic E-state index is 13.9. The second-order valence-corrected chi connectivity index (χ2v) is 8.11. The van der Waals surface area contributed by atoms with Gasteiger partial charge in [0.1, 0.15) is 11.3 Å². The number of fused-ring (bicyclic) bond motifs is 3. The number of alkyl halides is 3. The number of piperidine rings is 1. The number of pyridine rings is 1. The highest BCUT2D eigenvalue weighted by Crippen LogP contribution is 2.38. The number of benzene rings is 2. The van der Waals surface area contributed by atoms with E-state index in [0.717, 1.165) is 37.9 Å². The van der Waals surface area contributed by atoms with E-state index in [1.807, 2.05) is 47.0 Å². The van der Waals surface area contributed by atoms with Crippen LogP contribution in [0.25, 0.3) is 33.3 Å². The van der Waals surface area contributed by atoms with Crippen LogP contribution >= 0.6 is 0 Å². The van der Waals surface area contributed by atoms with Crippen LogP contribution in [0.2, 0.25) is 0 Å². The van der Waals surface area contributed by atoms with Crippen LogP contribution in [0.5, 0.6) is 0 Å². The van der Waals surface area contributed by atoms with Gasteiger partial charge in [-0.15, -0.1) is 0 Å². The van der Waals surface area contributed by atoms with Crippen molar-refractivity contribution in [1.82, 2.24) is 19.9 Å². The molecule has 0 saturated carbocycles. The van der Waals surface area contributed by atoms with E-state index in [1.165, 1.54) is 0 Å². The summed E-state index contributed by atoms with van der Waals surface area (Å²) in [6, 6.07) is 16.5. The molecule has 0 amide bonds. The van der Waals surface area contributed by atoms with Crippen LogP contribution in [-0.2, 0) is 12.7 Å². The van der Waals surface area contributed by atoms with Crippen LogP contribution in [0.1, 0.15) is 25.0 Å². The fourth-order valence-electron chi connectivity index (χ4n) is 4.54. The fourth-order valence-corrected chi connectivity index (χ4v) is 4.54. The molecule has 0 bridgehead atoms. The summed E-state index contributed by atoms with van der Waals surface area (Å²) in [5, 5.41) is 4.07. The average Bonchev–Trinajstić information content (AvgIpc) is 3.17. The summed E-state index contributed by atoms with van der Waals surface area (Å²) in [7, 11) is 0. The van der Waals surface area contributed by atoms with Crippen LogP contribution in [0.4, 0.5) is 13.2 Å². The van der Waals surface area contributed by atoms with Gasteiger partial charge in [-0.25, -0.2) is 9.97 Å². The molecule has 31 heavy (non-hydrogen) atoms. The number of hydrogen-bond acceptors (Lipinski definition) is 3. The number of nitrogens with zero attached hydrogens (tertiary/aromatic N) is 3. The van der Waals surface area contributed by atoms with E-state index in [-0.39, 0.29) is 5.52 Å². The van der Waals surface area contributed by atoms with Crippen LogP contribution in [0.15, 0.2) is 54.6 Å². The molecule has 2 aromatic carbocycles. The van der Waals surface area contributed by atoms with E-state index in [1.54, 1.807) is 12.1 Å². The van der Waals surface area contributed by atoms with Gasteiger partial charge in [0.25, 0.3) is 0 Å². The van der Waals surface area contributed by atoms with Gasteiger partial charge in [0.15, 0.2) is 5.69 Å². The maximum Gasteiger partial charge on any atom is 0.435 e. The summed E-state index contributed by atoms with van der Waals surface area (Å²) in [4.78, 5) is 8.49. The van der Waals surface area contributed by atoms with Gasteiger partial charge in [-0.2, -0.15) is 13.2 Å². The molecule has 4 aromatic rings. The number of aromatic nitrogens is 3. The molecule has 160 valence electrons. The zero-order chi connectivity index (χ0) is 21.4. The van der Waals surface area contributed by atoms with Gasteiger partial charge in [-0.3, -0.25) is 0 Å². The van der Waals surface area contributed by atoms with Gasteiger partial charge in [0.2, 0.25) is 0 Å². The highest BCUT2D eigenvalue weighted by atomic mass is 19.4. The summed E-state index contributed by atoms with van der Waals surface area (Å²) in [6.45, 7) is 2.61. The molecule has 0 radical (unpaired) electrons. The van der Waals surface area contributed by atoms with Crippen molar-refractivity contribution < 1.29 is 13.2 Å². The van der Waals surface area contributed by atoms with Crippen LogP contribution in [-0.4, -0.2) is 27.6 Å². The van der Waals surface area contributed by atoms with E-state index < -0.39 is 11.9 Å². The van der Waals surface area contributed by atoms with Crippen molar-refractivity contribution in [3.63, 3.8) is 0 Å². The van der Waals surface area contributed by atoms with E-state index in [2.05, 4.69) is 15.3 Å². The van der Waals surface area contributed by atoms with Crippen LogP contribution in [0.3, 0.4) is 0 Å². The smallest absolute Gasteiger partial charge is 0.323 e. The first kappa shape index (κ1) is 20.0. The lowest BCUT2D eigenvalue weighted by Gasteiger charge is -2.23. The zero-order valence-electron chi connectivity index (χ0n) is 17.0. The number of aryl methyl sites for hydroxylation is 1. The molecule has 1 saturated heterocycles.